The van der Waals surface area contributed by atoms with E-state index in [9.17, 15) is 18.6 Å². The highest BCUT2D eigenvalue weighted by atomic mass is 35.5. The van der Waals surface area contributed by atoms with E-state index in [1.807, 2.05) is 26.0 Å². The van der Waals surface area contributed by atoms with Crippen LogP contribution in [0.3, 0.4) is 0 Å². The van der Waals surface area contributed by atoms with Gasteiger partial charge in [0.05, 0.1) is 21.7 Å². The second-order valence-corrected chi connectivity index (χ2v) is 11.7. The molecule has 2 aromatic carbocycles. The maximum absolute atomic E-state index is 11.6. The van der Waals surface area contributed by atoms with Crippen LogP contribution in [-0.2, 0) is 15.3 Å². The van der Waals surface area contributed by atoms with Crippen LogP contribution in [0.2, 0.25) is 10.0 Å². The van der Waals surface area contributed by atoms with E-state index in [2.05, 4.69) is 0 Å². The van der Waals surface area contributed by atoms with Crippen LogP contribution in [0.5, 0.6) is 11.5 Å². The molecule has 33 heavy (non-hydrogen) atoms. The first-order valence-corrected chi connectivity index (χ1v) is 13.5. The molecule has 2 aromatic rings. The number of alkyl halides is 1. The number of aliphatic hydroxyl groups is 2. The first-order valence-electron chi connectivity index (χ1n) is 10.4. The van der Waals surface area contributed by atoms with E-state index in [1.54, 1.807) is 24.3 Å². The van der Waals surface area contributed by atoms with Gasteiger partial charge in [0.25, 0.3) is 0 Å². The summed E-state index contributed by atoms with van der Waals surface area (Å²) < 4.78 is 34.3. The van der Waals surface area contributed by atoms with Crippen molar-refractivity contribution in [2.75, 3.05) is 30.6 Å². The number of ether oxygens (including phenoxy) is 2. The highest BCUT2D eigenvalue weighted by molar-refractivity contribution is 7.91. The third-order valence-electron chi connectivity index (χ3n) is 5.23. The number of aliphatic hydroxyl groups excluding tert-OH is 2. The first-order chi connectivity index (χ1) is 15.4. The quantitative estimate of drug-likeness (QED) is 0.387. The molecule has 0 saturated heterocycles. The Morgan fingerprint density at radius 3 is 1.76 bits per heavy atom. The van der Waals surface area contributed by atoms with Crippen molar-refractivity contribution in [2.45, 2.75) is 38.4 Å². The van der Waals surface area contributed by atoms with Crippen molar-refractivity contribution < 1.29 is 28.1 Å². The van der Waals surface area contributed by atoms with Crippen molar-refractivity contribution in [1.82, 2.24) is 0 Å². The summed E-state index contributed by atoms with van der Waals surface area (Å²) in [6.45, 7) is 5.42. The van der Waals surface area contributed by atoms with Gasteiger partial charge in [-0.1, -0.05) is 56.1 Å². The second-order valence-electron chi connectivity index (χ2n) is 8.20. The van der Waals surface area contributed by atoms with Crippen LogP contribution in [0.4, 0.5) is 0 Å². The van der Waals surface area contributed by atoms with E-state index in [4.69, 9.17) is 44.3 Å². The molecule has 0 unspecified atom stereocenters. The number of sulfone groups is 1. The van der Waals surface area contributed by atoms with Gasteiger partial charge in [-0.15, -0.1) is 11.6 Å². The molecule has 10 heteroatoms. The summed E-state index contributed by atoms with van der Waals surface area (Å²) in [4.78, 5) is 0. The van der Waals surface area contributed by atoms with Gasteiger partial charge >= 0.3 is 0 Å². The van der Waals surface area contributed by atoms with Gasteiger partial charge in [0.1, 0.15) is 36.9 Å². The molecule has 2 atom stereocenters. The van der Waals surface area contributed by atoms with Crippen LogP contribution in [0.1, 0.15) is 31.9 Å². The Labute approximate surface area is 210 Å². The monoisotopic (exact) mass is 538 g/mol. The van der Waals surface area contributed by atoms with Crippen molar-refractivity contribution in [3.05, 3.63) is 57.6 Å². The van der Waals surface area contributed by atoms with Gasteiger partial charge in [-0.25, -0.2) is 8.42 Å². The normalized spacial score (nSPS) is 14.1. The molecule has 0 radical (unpaired) electrons. The smallest absolute Gasteiger partial charge is 0.152 e. The number of rotatable bonds is 12. The van der Waals surface area contributed by atoms with E-state index in [0.717, 1.165) is 11.1 Å². The maximum atomic E-state index is 11.6. The Kier molecular flexibility index (Phi) is 10.2. The minimum atomic E-state index is -3.31. The molecule has 0 spiro atoms. The van der Waals surface area contributed by atoms with Crippen molar-refractivity contribution in [3.8, 4) is 11.5 Å². The lowest BCUT2D eigenvalue weighted by Crippen LogP contribution is -2.28. The van der Waals surface area contributed by atoms with Gasteiger partial charge in [0.15, 0.2) is 9.84 Å². The van der Waals surface area contributed by atoms with Crippen molar-refractivity contribution in [2.24, 2.45) is 0 Å². The largest absolute Gasteiger partial charge is 0.489 e. The zero-order valence-corrected chi connectivity index (χ0v) is 21.8. The molecule has 0 saturated carbocycles. The minimum absolute atomic E-state index is 0.0406. The van der Waals surface area contributed by atoms with Crippen LogP contribution in [0.25, 0.3) is 0 Å². The molecular weight excluding hydrogens is 511 g/mol. The van der Waals surface area contributed by atoms with E-state index in [1.165, 1.54) is 6.92 Å². The predicted octanol–water partition coefficient (Wildman–Crippen LogP) is 4.47. The molecule has 0 amide bonds. The fourth-order valence-corrected chi connectivity index (χ4v) is 4.53. The van der Waals surface area contributed by atoms with E-state index in [0.29, 0.717) is 21.5 Å². The molecule has 0 aromatic heterocycles. The maximum Gasteiger partial charge on any atom is 0.152 e. The zero-order valence-electron chi connectivity index (χ0n) is 18.7. The third-order valence-corrected chi connectivity index (χ3v) is 7.95. The Morgan fingerprint density at radius 1 is 0.909 bits per heavy atom. The summed E-state index contributed by atoms with van der Waals surface area (Å²) in [5.41, 5.74) is 1.35. The second kappa shape index (κ2) is 12.0. The molecule has 184 valence electrons. The molecule has 2 N–H and O–H groups in total. The summed E-state index contributed by atoms with van der Waals surface area (Å²) >= 11 is 18.4. The highest BCUT2D eigenvalue weighted by Gasteiger charge is 2.25. The van der Waals surface area contributed by atoms with Gasteiger partial charge in [0.2, 0.25) is 0 Å². The summed E-state index contributed by atoms with van der Waals surface area (Å²) in [6, 6.07) is 10.7. The molecule has 0 aliphatic carbocycles. The average molecular weight is 540 g/mol. The lowest BCUT2D eigenvalue weighted by molar-refractivity contribution is 0.125. The molecule has 0 bridgehead atoms. The number of hydrogen-bond acceptors (Lipinski definition) is 6. The SMILES string of the molecule is CCS(=O)(=O)C[C@H](O)COc1ccc(C(C)(C)c2ccc(OC[C@@H](O)CCl)c(Cl)c2)cc1Cl. The lowest BCUT2D eigenvalue weighted by Gasteiger charge is -2.27. The Balaban J connectivity index is 2.13. The molecule has 0 fully saturated rings. The van der Waals surface area contributed by atoms with Crippen LogP contribution in [0, 0.1) is 0 Å². The standard InChI is InChI=1S/C23H29Cl3O6S/c1-4-33(29,30)14-18(28)13-32-22-8-6-16(10-20(22)26)23(2,3)15-5-7-21(19(25)9-15)31-12-17(27)11-24/h5-10,17-18,27-28H,4,11-14H2,1-3H3/t17-,18+/m0/s1. The average Bonchev–Trinajstić information content (AvgIpc) is 2.76. The number of hydrogen-bond donors (Lipinski definition) is 2. The van der Waals surface area contributed by atoms with Crippen LogP contribution >= 0.6 is 34.8 Å². The highest BCUT2D eigenvalue weighted by Crippen LogP contribution is 2.38. The molecule has 0 heterocycles. The van der Waals surface area contributed by atoms with E-state index < -0.39 is 27.5 Å². The van der Waals surface area contributed by atoms with Gasteiger partial charge in [-0.3, -0.25) is 0 Å². The third kappa shape index (κ3) is 7.91. The topological polar surface area (TPSA) is 93.1 Å². The summed E-state index contributed by atoms with van der Waals surface area (Å²) in [6.07, 6.45) is -1.92. The molecule has 0 aliphatic heterocycles. The van der Waals surface area contributed by atoms with E-state index in [-0.39, 0.29) is 30.6 Å². The molecule has 0 aliphatic rings. The minimum Gasteiger partial charge on any atom is -0.489 e. The number of benzene rings is 2. The van der Waals surface area contributed by atoms with Gasteiger partial charge in [-0.2, -0.15) is 0 Å². The van der Waals surface area contributed by atoms with Crippen molar-refractivity contribution in [3.63, 3.8) is 0 Å². The Morgan fingerprint density at radius 2 is 1.36 bits per heavy atom. The lowest BCUT2D eigenvalue weighted by atomic mass is 9.78. The molecule has 6 nitrogen and oxygen atoms in total. The van der Waals surface area contributed by atoms with E-state index >= 15 is 0 Å². The van der Waals surface area contributed by atoms with Crippen LogP contribution in [-0.4, -0.2) is 61.4 Å². The summed E-state index contributed by atoms with van der Waals surface area (Å²) in [7, 11) is -3.31. The summed E-state index contributed by atoms with van der Waals surface area (Å²) in [5.74, 6) is 0.466. The fourth-order valence-electron chi connectivity index (χ4n) is 3.06. The van der Waals surface area contributed by atoms with Crippen LogP contribution < -0.4 is 9.47 Å². The van der Waals surface area contributed by atoms with Gasteiger partial charge in [-0.05, 0) is 35.4 Å². The van der Waals surface area contributed by atoms with Crippen molar-refractivity contribution >= 4 is 44.6 Å². The van der Waals surface area contributed by atoms with Crippen LogP contribution in [0.15, 0.2) is 36.4 Å². The first kappa shape index (κ1) is 28.0. The Hall–Kier alpha value is -1.22. The Bertz CT molecular complexity index is 1040. The predicted molar refractivity (Wildman–Crippen MR) is 133 cm³/mol. The molecule has 2 rings (SSSR count). The molecular formula is C23H29Cl3O6S. The number of halogens is 3. The zero-order chi connectivity index (χ0) is 24.8. The van der Waals surface area contributed by atoms with Gasteiger partial charge in [0, 0.05) is 11.2 Å². The van der Waals surface area contributed by atoms with Gasteiger partial charge < -0.3 is 19.7 Å². The summed E-state index contributed by atoms with van der Waals surface area (Å²) in [5, 5.41) is 20.2. The van der Waals surface area contributed by atoms with Crippen molar-refractivity contribution in [1.29, 1.82) is 0 Å². The fraction of sp³-hybridized carbons (Fsp3) is 0.478.